The van der Waals surface area contributed by atoms with Gasteiger partial charge in [-0.25, -0.2) is 0 Å². The van der Waals surface area contributed by atoms with E-state index in [-0.39, 0.29) is 6.04 Å². The first-order valence-electron chi connectivity index (χ1n) is 12.4. The van der Waals surface area contributed by atoms with E-state index < -0.39 is 0 Å². The molecule has 0 N–H and O–H groups in total. The summed E-state index contributed by atoms with van der Waals surface area (Å²) < 4.78 is 0. The minimum atomic E-state index is 0.165. The van der Waals surface area contributed by atoms with Gasteiger partial charge in [0.2, 0.25) is 0 Å². The van der Waals surface area contributed by atoms with Gasteiger partial charge in [0.15, 0.2) is 0 Å². The van der Waals surface area contributed by atoms with Crippen molar-refractivity contribution >= 4 is 34.1 Å². The van der Waals surface area contributed by atoms with Crippen molar-refractivity contribution in [3.05, 3.63) is 144 Å². The van der Waals surface area contributed by atoms with Gasteiger partial charge in [-0.2, -0.15) is 5.10 Å². The van der Waals surface area contributed by atoms with Crippen LogP contribution in [0, 0.1) is 6.92 Å². The van der Waals surface area contributed by atoms with Crippen LogP contribution in [-0.2, 0) is 0 Å². The van der Waals surface area contributed by atoms with Gasteiger partial charge in [-0.3, -0.25) is 10.0 Å². The second-order valence-electron chi connectivity index (χ2n) is 9.24. The number of rotatable bonds is 5. The Bertz CT molecular complexity index is 1540. The summed E-state index contributed by atoms with van der Waals surface area (Å²) in [6.45, 7) is 2.12. The Labute approximate surface area is 212 Å². The molecule has 5 aromatic carbocycles. The van der Waals surface area contributed by atoms with Crippen LogP contribution in [0.15, 0.2) is 131 Å². The lowest BCUT2D eigenvalue weighted by atomic mass is 9.98. The predicted octanol–water partition coefficient (Wildman–Crippen LogP) is 8.25. The largest absolute Gasteiger partial charge is 0.257 e. The summed E-state index contributed by atoms with van der Waals surface area (Å²) in [6, 6.07) is 42.6. The van der Waals surface area contributed by atoms with E-state index in [2.05, 4.69) is 133 Å². The van der Waals surface area contributed by atoms with Crippen LogP contribution in [0.4, 0.5) is 11.4 Å². The maximum Gasteiger partial charge on any atom is 0.0831 e. The Morgan fingerprint density at radius 3 is 2.28 bits per heavy atom. The van der Waals surface area contributed by atoms with Crippen LogP contribution < -0.4 is 5.01 Å². The van der Waals surface area contributed by atoms with E-state index in [0.717, 1.165) is 34.5 Å². The fourth-order valence-electron chi connectivity index (χ4n) is 4.78. The SMILES string of the molecule is Cc1ccc(C2=NN(c3ccc(C=Nc4cccc5ccccc45)cc3)C(c3ccccc3)C2)cc1. The molecule has 1 aliphatic rings. The average Bonchev–Trinajstić information content (AvgIpc) is 3.39. The average molecular weight is 466 g/mol. The zero-order chi connectivity index (χ0) is 24.3. The molecule has 0 radical (unpaired) electrons. The molecule has 0 fully saturated rings. The van der Waals surface area contributed by atoms with E-state index in [9.17, 15) is 0 Å². The number of hydrogen-bond acceptors (Lipinski definition) is 3. The minimum Gasteiger partial charge on any atom is -0.257 e. The highest BCUT2D eigenvalue weighted by molar-refractivity contribution is 6.03. The van der Waals surface area contributed by atoms with E-state index in [1.54, 1.807) is 0 Å². The van der Waals surface area contributed by atoms with Crippen LogP contribution in [-0.4, -0.2) is 11.9 Å². The Morgan fingerprint density at radius 1 is 0.750 bits per heavy atom. The van der Waals surface area contributed by atoms with Crippen molar-refractivity contribution in [2.75, 3.05) is 5.01 Å². The van der Waals surface area contributed by atoms with Crippen molar-refractivity contribution in [3.63, 3.8) is 0 Å². The van der Waals surface area contributed by atoms with E-state index in [4.69, 9.17) is 10.1 Å². The summed E-state index contributed by atoms with van der Waals surface area (Å²) in [5.41, 5.74) is 7.94. The quantitative estimate of drug-likeness (QED) is 0.240. The van der Waals surface area contributed by atoms with Crippen LogP contribution in [0.1, 0.15) is 34.7 Å². The molecule has 36 heavy (non-hydrogen) atoms. The maximum atomic E-state index is 5.09. The summed E-state index contributed by atoms with van der Waals surface area (Å²) in [5, 5.41) is 9.61. The van der Waals surface area contributed by atoms with Gasteiger partial charge in [-0.05, 0) is 47.2 Å². The van der Waals surface area contributed by atoms with Gasteiger partial charge in [0.05, 0.1) is 23.1 Å². The van der Waals surface area contributed by atoms with E-state index in [1.807, 2.05) is 6.21 Å². The third kappa shape index (κ3) is 4.44. The van der Waals surface area contributed by atoms with Gasteiger partial charge < -0.3 is 0 Å². The zero-order valence-corrected chi connectivity index (χ0v) is 20.3. The van der Waals surface area contributed by atoms with Crippen LogP contribution in [0.25, 0.3) is 10.8 Å². The lowest BCUT2D eigenvalue weighted by molar-refractivity contribution is 0.709. The molecule has 0 saturated heterocycles. The van der Waals surface area contributed by atoms with Gasteiger partial charge in [0, 0.05) is 18.0 Å². The summed E-state index contributed by atoms with van der Waals surface area (Å²) in [7, 11) is 0. The molecule has 0 aromatic heterocycles. The molecular formula is C33H27N3. The number of nitrogens with zero attached hydrogens (tertiary/aromatic N) is 3. The number of aryl methyl sites for hydroxylation is 1. The molecule has 3 heteroatoms. The summed E-state index contributed by atoms with van der Waals surface area (Å²) in [4.78, 5) is 4.79. The third-order valence-corrected chi connectivity index (χ3v) is 6.76. The van der Waals surface area contributed by atoms with Crippen molar-refractivity contribution < 1.29 is 0 Å². The topological polar surface area (TPSA) is 28.0 Å². The lowest BCUT2D eigenvalue weighted by Gasteiger charge is -2.24. The number of benzene rings is 5. The molecule has 6 rings (SSSR count). The molecular weight excluding hydrogens is 438 g/mol. The first kappa shape index (κ1) is 22.0. The van der Waals surface area contributed by atoms with Gasteiger partial charge >= 0.3 is 0 Å². The molecule has 3 nitrogen and oxygen atoms in total. The molecule has 5 aromatic rings. The summed E-state index contributed by atoms with van der Waals surface area (Å²) in [6.07, 6.45) is 2.81. The van der Waals surface area contributed by atoms with Crippen LogP contribution in [0.5, 0.6) is 0 Å². The molecule has 1 heterocycles. The Kier molecular flexibility index (Phi) is 5.88. The molecule has 0 bridgehead atoms. The van der Waals surface area contributed by atoms with E-state index >= 15 is 0 Å². The Balaban J connectivity index is 1.30. The van der Waals surface area contributed by atoms with E-state index in [1.165, 1.54) is 22.1 Å². The summed E-state index contributed by atoms with van der Waals surface area (Å²) >= 11 is 0. The number of aliphatic imine (C=N–C) groups is 1. The molecule has 1 aliphatic heterocycles. The minimum absolute atomic E-state index is 0.165. The molecule has 1 unspecified atom stereocenters. The number of hydrazone groups is 1. The number of fused-ring (bicyclic) bond motifs is 1. The van der Waals surface area contributed by atoms with Gasteiger partial charge in [0.1, 0.15) is 0 Å². The van der Waals surface area contributed by atoms with Crippen LogP contribution in [0.3, 0.4) is 0 Å². The smallest absolute Gasteiger partial charge is 0.0831 e. The van der Waals surface area contributed by atoms with Crippen molar-refractivity contribution in [3.8, 4) is 0 Å². The van der Waals surface area contributed by atoms with Gasteiger partial charge in [-0.15, -0.1) is 0 Å². The normalized spacial score (nSPS) is 15.5. The molecule has 0 amide bonds. The highest BCUT2D eigenvalue weighted by Gasteiger charge is 2.29. The first-order valence-corrected chi connectivity index (χ1v) is 12.4. The first-order chi connectivity index (χ1) is 17.7. The van der Waals surface area contributed by atoms with Crippen molar-refractivity contribution in [1.82, 2.24) is 0 Å². The molecule has 0 aliphatic carbocycles. The molecule has 174 valence electrons. The monoisotopic (exact) mass is 465 g/mol. The second kappa shape index (κ2) is 9.63. The van der Waals surface area contributed by atoms with Gasteiger partial charge in [0.25, 0.3) is 0 Å². The number of hydrogen-bond donors (Lipinski definition) is 0. The highest BCUT2D eigenvalue weighted by atomic mass is 15.5. The van der Waals surface area contributed by atoms with Gasteiger partial charge in [-0.1, -0.05) is 109 Å². The second-order valence-corrected chi connectivity index (χ2v) is 9.24. The fourth-order valence-corrected chi connectivity index (χ4v) is 4.78. The third-order valence-electron chi connectivity index (χ3n) is 6.76. The summed E-state index contributed by atoms with van der Waals surface area (Å²) in [5.74, 6) is 0. The van der Waals surface area contributed by atoms with E-state index in [0.29, 0.717) is 0 Å². The molecule has 0 saturated carbocycles. The van der Waals surface area contributed by atoms with Crippen LogP contribution in [0.2, 0.25) is 0 Å². The standard InChI is InChI=1S/C33H27N3/c1-24-14-18-27(19-15-24)32-22-33(28-9-3-2-4-10-28)36(35-32)29-20-16-25(17-21-29)23-34-31-13-7-11-26-8-5-6-12-30(26)31/h2-21,23,33H,22H2,1H3. The van der Waals surface area contributed by atoms with Crippen molar-refractivity contribution in [1.29, 1.82) is 0 Å². The highest BCUT2D eigenvalue weighted by Crippen LogP contribution is 2.36. The van der Waals surface area contributed by atoms with Crippen molar-refractivity contribution in [2.45, 2.75) is 19.4 Å². The van der Waals surface area contributed by atoms with Crippen LogP contribution >= 0.6 is 0 Å². The Hall–Kier alpha value is -4.50. The Morgan fingerprint density at radius 2 is 1.47 bits per heavy atom. The molecule has 1 atom stereocenters. The zero-order valence-electron chi connectivity index (χ0n) is 20.3. The predicted molar refractivity (Wildman–Crippen MR) is 152 cm³/mol. The number of anilines is 1. The van der Waals surface area contributed by atoms with Crippen molar-refractivity contribution in [2.24, 2.45) is 10.1 Å². The molecule has 0 spiro atoms. The maximum absolute atomic E-state index is 5.09. The lowest BCUT2D eigenvalue weighted by Crippen LogP contribution is -2.18. The fraction of sp³-hybridized carbons (Fsp3) is 0.0909.